The van der Waals surface area contributed by atoms with Crippen LogP contribution in [-0.4, -0.2) is 49.8 Å². The number of carbonyl (C=O) groups is 1. The quantitative estimate of drug-likeness (QED) is 0.882. The summed E-state index contributed by atoms with van der Waals surface area (Å²) in [7, 11) is 0. The maximum absolute atomic E-state index is 12.6. The van der Waals surface area contributed by atoms with E-state index in [4.69, 9.17) is 9.47 Å². The third-order valence-electron chi connectivity index (χ3n) is 5.23. The molecule has 1 N–H and O–H groups in total. The van der Waals surface area contributed by atoms with Crippen molar-refractivity contribution in [3.63, 3.8) is 0 Å². The second-order valence-electron chi connectivity index (χ2n) is 7.28. The molecule has 2 heterocycles. The van der Waals surface area contributed by atoms with Gasteiger partial charge >= 0.3 is 0 Å². The second kappa shape index (κ2) is 8.55. The number of morpholine rings is 1. The lowest BCUT2D eigenvalue weighted by atomic mass is 9.96. The molecule has 142 valence electrons. The number of nitrogens with zero attached hydrogens (tertiary/aromatic N) is 1. The molecule has 4 rings (SSSR count). The zero-order valence-corrected chi connectivity index (χ0v) is 15.5. The van der Waals surface area contributed by atoms with Crippen molar-refractivity contribution in [3.8, 4) is 5.75 Å². The Morgan fingerprint density at radius 1 is 1.11 bits per heavy atom. The highest BCUT2D eigenvalue weighted by atomic mass is 16.5. The molecule has 1 fully saturated rings. The number of amides is 1. The Balaban J connectivity index is 1.25. The number of para-hydroxylation sites is 1. The molecule has 0 unspecified atom stereocenters. The van der Waals surface area contributed by atoms with Crippen LogP contribution < -0.4 is 10.1 Å². The van der Waals surface area contributed by atoms with Crippen molar-refractivity contribution < 1.29 is 14.3 Å². The smallest absolute Gasteiger partial charge is 0.226 e. The minimum atomic E-state index is -0.135. The van der Waals surface area contributed by atoms with Gasteiger partial charge in [0, 0.05) is 26.2 Å². The van der Waals surface area contributed by atoms with Crippen molar-refractivity contribution in [2.24, 2.45) is 5.92 Å². The van der Waals surface area contributed by atoms with Gasteiger partial charge in [0.1, 0.15) is 12.4 Å². The molecule has 0 saturated carbocycles. The lowest BCUT2D eigenvalue weighted by Gasteiger charge is -2.33. The van der Waals surface area contributed by atoms with Gasteiger partial charge in [0.2, 0.25) is 5.91 Å². The first-order chi connectivity index (χ1) is 13.3. The van der Waals surface area contributed by atoms with Crippen molar-refractivity contribution in [1.82, 2.24) is 10.2 Å². The van der Waals surface area contributed by atoms with Gasteiger partial charge in [-0.2, -0.15) is 0 Å². The molecule has 2 aromatic carbocycles. The molecule has 0 bridgehead atoms. The Morgan fingerprint density at radius 2 is 1.93 bits per heavy atom. The molecular weight excluding hydrogens is 340 g/mol. The van der Waals surface area contributed by atoms with Crippen LogP contribution in [0.3, 0.4) is 0 Å². The van der Waals surface area contributed by atoms with E-state index in [1.165, 1.54) is 5.56 Å². The third kappa shape index (κ3) is 4.67. The number of fused-ring (bicyclic) bond motifs is 1. The summed E-state index contributed by atoms with van der Waals surface area (Å²) < 4.78 is 11.6. The van der Waals surface area contributed by atoms with E-state index in [2.05, 4.69) is 34.5 Å². The van der Waals surface area contributed by atoms with Crippen LogP contribution in [0, 0.1) is 5.92 Å². The molecule has 2 aliphatic rings. The van der Waals surface area contributed by atoms with Gasteiger partial charge in [0.15, 0.2) is 0 Å². The first-order valence-electron chi connectivity index (χ1n) is 9.64. The Bertz CT molecular complexity index is 765. The number of ether oxygens (including phenoxy) is 2. The highest BCUT2D eigenvalue weighted by Crippen LogP contribution is 2.26. The monoisotopic (exact) mass is 366 g/mol. The predicted octanol–water partition coefficient (Wildman–Crippen LogP) is 2.25. The highest BCUT2D eigenvalue weighted by Gasteiger charge is 2.27. The maximum Gasteiger partial charge on any atom is 0.226 e. The fourth-order valence-electron chi connectivity index (χ4n) is 3.74. The number of carbonyl (C=O) groups excluding carboxylic acids is 1. The molecule has 2 aromatic rings. The van der Waals surface area contributed by atoms with Gasteiger partial charge in [-0.25, -0.2) is 0 Å². The topological polar surface area (TPSA) is 50.8 Å². The van der Waals surface area contributed by atoms with Crippen molar-refractivity contribution in [2.45, 2.75) is 19.1 Å². The van der Waals surface area contributed by atoms with E-state index in [1.54, 1.807) is 0 Å². The highest BCUT2D eigenvalue weighted by molar-refractivity contribution is 5.79. The molecule has 2 atom stereocenters. The summed E-state index contributed by atoms with van der Waals surface area (Å²) >= 11 is 0. The Morgan fingerprint density at radius 3 is 2.81 bits per heavy atom. The van der Waals surface area contributed by atoms with Crippen LogP contribution in [-0.2, 0) is 22.5 Å². The Hall–Kier alpha value is -2.37. The number of benzene rings is 2. The van der Waals surface area contributed by atoms with Crippen LogP contribution >= 0.6 is 0 Å². The summed E-state index contributed by atoms with van der Waals surface area (Å²) in [6, 6.07) is 18.4. The normalized spacial score (nSPS) is 22.5. The average molecular weight is 366 g/mol. The molecule has 27 heavy (non-hydrogen) atoms. The standard InChI is InChI=1S/C22H26N2O3/c25-22(19-12-18-8-4-5-9-21(18)27-16-19)23-13-20-15-24(10-11-26-20)14-17-6-2-1-3-7-17/h1-9,19-20H,10-16H2,(H,23,25)/t19-,20-/m0/s1. The van der Waals surface area contributed by atoms with Crippen molar-refractivity contribution in [3.05, 3.63) is 65.7 Å². The summed E-state index contributed by atoms with van der Waals surface area (Å²) in [4.78, 5) is 14.9. The van der Waals surface area contributed by atoms with E-state index in [1.807, 2.05) is 30.3 Å². The number of hydrogen-bond donors (Lipinski definition) is 1. The summed E-state index contributed by atoms with van der Waals surface area (Å²) in [5.74, 6) is 0.811. The van der Waals surface area contributed by atoms with E-state index >= 15 is 0 Å². The van der Waals surface area contributed by atoms with Crippen LogP contribution in [0.5, 0.6) is 5.75 Å². The largest absolute Gasteiger partial charge is 0.492 e. The molecule has 0 radical (unpaired) electrons. The van der Waals surface area contributed by atoms with E-state index in [-0.39, 0.29) is 17.9 Å². The molecule has 0 aliphatic carbocycles. The first kappa shape index (κ1) is 18.0. The Kier molecular flexibility index (Phi) is 5.70. The average Bonchev–Trinajstić information content (AvgIpc) is 2.73. The van der Waals surface area contributed by atoms with Crippen LogP contribution in [0.2, 0.25) is 0 Å². The molecule has 0 spiro atoms. The SMILES string of the molecule is O=C(NC[C@H]1CN(Cc2ccccc2)CCO1)[C@@H]1COc2ccccc2C1. The van der Waals surface area contributed by atoms with Crippen LogP contribution in [0.1, 0.15) is 11.1 Å². The predicted molar refractivity (Wildman–Crippen MR) is 104 cm³/mol. The minimum Gasteiger partial charge on any atom is -0.492 e. The number of hydrogen-bond acceptors (Lipinski definition) is 4. The van der Waals surface area contributed by atoms with E-state index < -0.39 is 0 Å². The fraction of sp³-hybridized carbons (Fsp3) is 0.409. The van der Waals surface area contributed by atoms with Crippen LogP contribution in [0.25, 0.3) is 0 Å². The van der Waals surface area contributed by atoms with Crippen molar-refractivity contribution in [1.29, 1.82) is 0 Å². The molecule has 1 amide bonds. The molecule has 5 heteroatoms. The van der Waals surface area contributed by atoms with E-state index in [0.29, 0.717) is 19.8 Å². The van der Waals surface area contributed by atoms with Crippen LogP contribution in [0.15, 0.2) is 54.6 Å². The second-order valence-corrected chi connectivity index (χ2v) is 7.28. The van der Waals surface area contributed by atoms with Gasteiger partial charge in [0.25, 0.3) is 0 Å². The van der Waals surface area contributed by atoms with Gasteiger partial charge in [-0.15, -0.1) is 0 Å². The van der Waals surface area contributed by atoms with Gasteiger partial charge in [-0.05, 0) is 23.6 Å². The molecule has 0 aromatic heterocycles. The maximum atomic E-state index is 12.6. The zero-order valence-electron chi connectivity index (χ0n) is 15.5. The summed E-state index contributed by atoms with van der Waals surface area (Å²) in [5.41, 5.74) is 2.41. The first-order valence-corrected chi connectivity index (χ1v) is 9.64. The minimum absolute atomic E-state index is 0.0307. The van der Waals surface area contributed by atoms with Gasteiger partial charge in [-0.3, -0.25) is 9.69 Å². The van der Waals surface area contributed by atoms with Crippen LogP contribution in [0.4, 0.5) is 0 Å². The van der Waals surface area contributed by atoms with Crippen molar-refractivity contribution in [2.75, 3.05) is 32.8 Å². The molecule has 2 aliphatic heterocycles. The van der Waals surface area contributed by atoms with E-state index in [0.717, 1.165) is 37.4 Å². The lowest BCUT2D eigenvalue weighted by Crippen LogP contribution is -2.48. The summed E-state index contributed by atoms with van der Waals surface area (Å²) in [5, 5.41) is 3.07. The summed E-state index contributed by atoms with van der Waals surface area (Å²) in [6.45, 7) is 4.36. The lowest BCUT2D eigenvalue weighted by molar-refractivity contribution is -0.127. The molecule has 1 saturated heterocycles. The number of rotatable bonds is 5. The van der Waals surface area contributed by atoms with E-state index in [9.17, 15) is 4.79 Å². The third-order valence-corrected chi connectivity index (χ3v) is 5.23. The summed E-state index contributed by atoms with van der Waals surface area (Å²) in [6.07, 6.45) is 0.761. The molecule has 5 nitrogen and oxygen atoms in total. The molecular formula is C22H26N2O3. The van der Waals surface area contributed by atoms with Gasteiger partial charge in [-0.1, -0.05) is 48.5 Å². The fourth-order valence-corrected chi connectivity index (χ4v) is 3.74. The number of nitrogens with one attached hydrogen (secondary N) is 1. The van der Waals surface area contributed by atoms with Gasteiger partial charge < -0.3 is 14.8 Å². The van der Waals surface area contributed by atoms with Crippen molar-refractivity contribution >= 4 is 5.91 Å². The Labute approximate surface area is 160 Å². The van der Waals surface area contributed by atoms with Gasteiger partial charge in [0.05, 0.1) is 18.6 Å². The zero-order chi connectivity index (χ0) is 18.5.